The van der Waals surface area contributed by atoms with Crippen LogP contribution in [0.5, 0.6) is 0 Å². The number of carbonyl (C=O) groups excluding carboxylic acids is 2. The van der Waals surface area contributed by atoms with Crippen molar-refractivity contribution < 1.29 is 14.3 Å². The average molecular weight is 277 g/mol. The van der Waals surface area contributed by atoms with Crippen LogP contribution >= 0.6 is 0 Å². The van der Waals surface area contributed by atoms with Crippen LogP contribution in [0.15, 0.2) is 24.3 Å². The van der Waals surface area contributed by atoms with Gasteiger partial charge in [-0.1, -0.05) is 29.8 Å². The van der Waals surface area contributed by atoms with E-state index in [1.807, 2.05) is 52.0 Å². The Balaban J connectivity index is 2.49. The van der Waals surface area contributed by atoms with Gasteiger partial charge in [-0.25, -0.2) is 0 Å². The number of carbonyl (C=O) groups is 2. The summed E-state index contributed by atoms with van der Waals surface area (Å²) in [4.78, 5) is 23.6. The maximum absolute atomic E-state index is 11.8. The van der Waals surface area contributed by atoms with Gasteiger partial charge in [0.1, 0.15) is 0 Å². The van der Waals surface area contributed by atoms with Crippen molar-refractivity contribution in [1.82, 2.24) is 5.32 Å². The fraction of sp³-hybridized carbons (Fsp3) is 0.500. The lowest BCUT2D eigenvalue weighted by molar-refractivity contribution is -0.154. The van der Waals surface area contributed by atoms with Crippen LogP contribution < -0.4 is 5.32 Å². The molecule has 0 bridgehead atoms. The number of hydrogen-bond acceptors (Lipinski definition) is 3. The molecular formula is C16H23NO3. The van der Waals surface area contributed by atoms with Gasteiger partial charge < -0.3 is 10.1 Å². The van der Waals surface area contributed by atoms with E-state index in [4.69, 9.17) is 4.74 Å². The molecule has 0 aliphatic carbocycles. The highest BCUT2D eigenvalue weighted by Gasteiger charge is 2.22. The van der Waals surface area contributed by atoms with E-state index in [1.165, 1.54) is 0 Å². The Kier molecular flexibility index (Phi) is 5.31. The molecule has 0 aliphatic rings. The van der Waals surface area contributed by atoms with Gasteiger partial charge in [-0.15, -0.1) is 0 Å². The van der Waals surface area contributed by atoms with Gasteiger partial charge >= 0.3 is 5.97 Å². The lowest BCUT2D eigenvalue weighted by atomic mass is 10.1. The monoisotopic (exact) mass is 277 g/mol. The number of ether oxygens (including phenoxy) is 1. The summed E-state index contributed by atoms with van der Waals surface area (Å²) in [6.45, 7) is 9.21. The molecule has 20 heavy (non-hydrogen) atoms. The highest BCUT2D eigenvalue weighted by Crippen LogP contribution is 2.06. The minimum atomic E-state index is -0.785. The van der Waals surface area contributed by atoms with Crippen LogP contribution in [0.25, 0.3) is 0 Å². The van der Waals surface area contributed by atoms with Gasteiger partial charge in [-0.05, 0) is 40.2 Å². The molecule has 1 aromatic rings. The molecule has 0 saturated carbocycles. The molecule has 0 heterocycles. The third-order valence-electron chi connectivity index (χ3n) is 2.64. The predicted molar refractivity (Wildman–Crippen MR) is 78.3 cm³/mol. The summed E-state index contributed by atoms with van der Waals surface area (Å²) in [5, 5.41) is 2.78. The van der Waals surface area contributed by atoms with Gasteiger partial charge in [0.2, 0.25) is 0 Å². The zero-order chi connectivity index (χ0) is 15.3. The number of amides is 1. The van der Waals surface area contributed by atoms with E-state index < -0.39 is 12.1 Å². The second-order valence-corrected chi connectivity index (χ2v) is 6.03. The molecule has 1 amide bonds. The van der Waals surface area contributed by atoms with Crippen molar-refractivity contribution in [2.45, 2.75) is 52.7 Å². The van der Waals surface area contributed by atoms with Gasteiger partial charge in [-0.2, -0.15) is 0 Å². The number of aryl methyl sites for hydroxylation is 1. The lowest BCUT2D eigenvalue weighted by Crippen LogP contribution is -2.46. The van der Waals surface area contributed by atoms with E-state index in [9.17, 15) is 9.59 Å². The minimum Gasteiger partial charge on any atom is -0.452 e. The molecule has 0 saturated heterocycles. The number of esters is 1. The molecule has 0 unspecified atom stereocenters. The summed E-state index contributed by atoms with van der Waals surface area (Å²) >= 11 is 0. The third kappa shape index (κ3) is 5.87. The standard InChI is InChI=1S/C16H23NO3/c1-11-6-8-13(9-7-11)10-14(18)20-12(2)15(19)17-16(3,4)5/h6-9,12H,10H2,1-5H3,(H,17,19)/t12-/m1/s1. The summed E-state index contributed by atoms with van der Waals surface area (Å²) in [7, 11) is 0. The fourth-order valence-electron chi connectivity index (χ4n) is 1.64. The number of benzene rings is 1. The lowest BCUT2D eigenvalue weighted by Gasteiger charge is -2.23. The Labute approximate surface area is 120 Å². The molecule has 0 radical (unpaired) electrons. The third-order valence-corrected chi connectivity index (χ3v) is 2.64. The van der Waals surface area contributed by atoms with Crippen molar-refractivity contribution in [3.8, 4) is 0 Å². The Morgan fingerprint density at radius 2 is 1.75 bits per heavy atom. The first-order valence-electron chi connectivity index (χ1n) is 6.74. The van der Waals surface area contributed by atoms with E-state index in [0.29, 0.717) is 0 Å². The van der Waals surface area contributed by atoms with Gasteiger partial charge in [-0.3, -0.25) is 9.59 Å². The molecule has 0 fully saturated rings. The Morgan fingerprint density at radius 1 is 1.20 bits per heavy atom. The summed E-state index contributed by atoms with van der Waals surface area (Å²) in [6.07, 6.45) is -0.611. The Bertz CT molecular complexity index is 471. The van der Waals surface area contributed by atoms with Crippen LogP contribution in [0.4, 0.5) is 0 Å². The number of nitrogens with one attached hydrogen (secondary N) is 1. The van der Waals surface area contributed by atoms with Gasteiger partial charge in [0.05, 0.1) is 6.42 Å². The van der Waals surface area contributed by atoms with Crippen LogP contribution in [0, 0.1) is 6.92 Å². The number of hydrogen-bond donors (Lipinski definition) is 1. The van der Waals surface area contributed by atoms with E-state index in [0.717, 1.165) is 11.1 Å². The van der Waals surface area contributed by atoms with Crippen molar-refractivity contribution in [2.75, 3.05) is 0 Å². The maximum atomic E-state index is 11.8. The van der Waals surface area contributed by atoms with Crippen LogP contribution in [-0.2, 0) is 20.7 Å². The zero-order valence-corrected chi connectivity index (χ0v) is 12.8. The van der Waals surface area contributed by atoms with Crippen LogP contribution in [0.2, 0.25) is 0 Å². The minimum absolute atomic E-state index is 0.174. The average Bonchev–Trinajstić information content (AvgIpc) is 2.29. The molecule has 0 aliphatic heterocycles. The second-order valence-electron chi connectivity index (χ2n) is 6.03. The first-order valence-corrected chi connectivity index (χ1v) is 6.74. The van der Waals surface area contributed by atoms with Crippen molar-refractivity contribution in [1.29, 1.82) is 0 Å². The highest BCUT2D eigenvalue weighted by molar-refractivity contribution is 5.84. The topological polar surface area (TPSA) is 55.4 Å². The van der Waals surface area contributed by atoms with Crippen molar-refractivity contribution in [3.05, 3.63) is 35.4 Å². The summed E-state index contributed by atoms with van der Waals surface area (Å²) in [5.41, 5.74) is 1.68. The predicted octanol–water partition coefficient (Wildman–Crippen LogP) is 2.38. The van der Waals surface area contributed by atoms with Crippen molar-refractivity contribution >= 4 is 11.9 Å². The SMILES string of the molecule is Cc1ccc(CC(=O)O[C@H](C)C(=O)NC(C)(C)C)cc1. The molecule has 4 heteroatoms. The van der Waals surface area contributed by atoms with Crippen LogP contribution in [-0.4, -0.2) is 23.5 Å². The molecule has 4 nitrogen and oxygen atoms in total. The van der Waals surface area contributed by atoms with E-state index in [2.05, 4.69) is 5.32 Å². The molecule has 110 valence electrons. The first-order chi connectivity index (χ1) is 9.17. The van der Waals surface area contributed by atoms with Crippen molar-refractivity contribution in [2.24, 2.45) is 0 Å². The summed E-state index contributed by atoms with van der Waals surface area (Å²) in [5.74, 6) is -0.680. The quantitative estimate of drug-likeness (QED) is 0.860. The first kappa shape index (κ1) is 16.2. The molecular weight excluding hydrogens is 254 g/mol. The van der Waals surface area contributed by atoms with Gasteiger partial charge in [0, 0.05) is 5.54 Å². The maximum Gasteiger partial charge on any atom is 0.311 e. The fourth-order valence-corrected chi connectivity index (χ4v) is 1.64. The highest BCUT2D eigenvalue weighted by atomic mass is 16.5. The van der Waals surface area contributed by atoms with E-state index in [-0.39, 0.29) is 17.9 Å². The Hall–Kier alpha value is -1.84. The molecule has 0 spiro atoms. The van der Waals surface area contributed by atoms with E-state index >= 15 is 0 Å². The summed E-state index contributed by atoms with van der Waals surface area (Å²) < 4.78 is 5.14. The largest absolute Gasteiger partial charge is 0.452 e. The second kappa shape index (κ2) is 6.55. The molecule has 0 aromatic heterocycles. The van der Waals surface area contributed by atoms with Crippen LogP contribution in [0.3, 0.4) is 0 Å². The smallest absolute Gasteiger partial charge is 0.311 e. The number of rotatable bonds is 4. The van der Waals surface area contributed by atoms with Crippen LogP contribution in [0.1, 0.15) is 38.8 Å². The molecule has 1 N–H and O–H groups in total. The van der Waals surface area contributed by atoms with Crippen molar-refractivity contribution in [3.63, 3.8) is 0 Å². The Morgan fingerprint density at radius 3 is 2.25 bits per heavy atom. The molecule has 1 aromatic carbocycles. The molecule has 1 atom stereocenters. The summed E-state index contributed by atoms with van der Waals surface area (Å²) in [6, 6.07) is 7.66. The molecule has 1 rings (SSSR count). The zero-order valence-electron chi connectivity index (χ0n) is 12.8. The van der Waals surface area contributed by atoms with Gasteiger partial charge in [0.15, 0.2) is 6.10 Å². The normalized spacial score (nSPS) is 12.7. The van der Waals surface area contributed by atoms with E-state index in [1.54, 1.807) is 6.92 Å². The van der Waals surface area contributed by atoms with Gasteiger partial charge in [0.25, 0.3) is 5.91 Å².